The molecule has 0 aliphatic rings. The van der Waals surface area contributed by atoms with E-state index in [0.717, 1.165) is 0 Å². The minimum atomic E-state index is -3.78. The van der Waals surface area contributed by atoms with Crippen LogP contribution in [0.2, 0.25) is 5.02 Å². The maximum absolute atomic E-state index is 12.7. The van der Waals surface area contributed by atoms with Gasteiger partial charge in [0, 0.05) is 18.1 Å². The first-order chi connectivity index (χ1) is 9.38. The molecule has 0 atom stereocenters. The van der Waals surface area contributed by atoms with Crippen molar-refractivity contribution in [2.24, 2.45) is 0 Å². The highest BCUT2D eigenvalue weighted by atomic mass is 79.9. The minimum absolute atomic E-state index is 0.0127. The van der Waals surface area contributed by atoms with Gasteiger partial charge in [-0.05, 0) is 34.5 Å². The number of methoxy groups -OCH3 is 1. The van der Waals surface area contributed by atoms with Crippen LogP contribution in [0.15, 0.2) is 21.5 Å². The molecule has 5 nitrogen and oxygen atoms in total. The molecule has 0 aromatic heterocycles. The quantitative estimate of drug-likeness (QED) is 0.782. The number of aliphatic hydroxyl groups excluding tert-OH is 1. The van der Waals surface area contributed by atoms with Crippen molar-refractivity contribution in [2.75, 3.05) is 26.8 Å². The predicted octanol–water partition coefficient (Wildman–Crippen LogP) is 2.50. The van der Waals surface area contributed by atoms with Crippen molar-refractivity contribution in [1.82, 2.24) is 4.31 Å². The lowest BCUT2D eigenvalue weighted by Gasteiger charge is -2.22. The van der Waals surface area contributed by atoms with Crippen molar-refractivity contribution < 1.29 is 18.3 Å². The molecule has 1 aromatic rings. The number of hydrogen-bond acceptors (Lipinski definition) is 4. The Morgan fingerprint density at radius 2 is 2.05 bits per heavy atom. The fourth-order valence-corrected chi connectivity index (χ4v) is 4.67. The third-order valence-corrected chi connectivity index (χ3v) is 5.33. The van der Waals surface area contributed by atoms with Crippen molar-refractivity contribution >= 4 is 37.6 Å². The van der Waals surface area contributed by atoms with Gasteiger partial charge in [0.05, 0.1) is 18.2 Å². The van der Waals surface area contributed by atoms with Gasteiger partial charge in [-0.25, -0.2) is 8.42 Å². The van der Waals surface area contributed by atoms with Gasteiger partial charge in [0.25, 0.3) is 0 Å². The topological polar surface area (TPSA) is 66.8 Å². The van der Waals surface area contributed by atoms with Gasteiger partial charge in [0.15, 0.2) is 5.75 Å². The normalized spacial score (nSPS) is 11.9. The predicted molar refractivity (Wildman–Crippen MR) is 81.8 cm³/mol. The Balaban J connectivity index is 3.39. The number of ether oxygens (including phenoxy) is 1. The summed E-state index contributed by atoms with van der Waals surface area (Å²) in [7, 11) is -2.39. The van der Waals surface area contributed by atoms with E-state index in [1.54, 1.807) is 6.07 Å². The van der Waals surface area contributed by atoms with E-state index in [-0.39, 0.29) is 28.8 Å². The fraction of sp³-hybridized carbons (Fsp3) is 0.500. The summed E-state index contributed by atoms with van der Waals surface area (Å²) in [6.45, 7) is 1.97. The SMILES string of the molecule is CCCN(CCO)S(=O)(=O)c1cc(Cl)cc(Br)c1OC. The third kappa shape index (κ3) is 3.85. The maximum atomic E-state index is 12.7. The number of sulfonamides is 1. The molecule has 1 N–H and O–H groups in total. The van der Waals surface area contributed by atoms with Crippen LogP contribution in [0.4, 0.5) is 0 Å². The van der Waals surface area contributed by atoms with Gasteiger partial charge in [-0.15, -0.1) is 0 Å². The molecule has 0 saturated carbocycles. The first-order valence-corrected chi connectivity index (χ1v) is 8.63. The van der Waals surface area contributed by atoms with E-state index in [1.165, 1.54) is 17.5 Å². The summed E-state index contributed by atoms with van der Waals surface area (Å²) in [5.74, 6) is 0.202. The zero-order chi connectivity index (χ0) is 15.3. The molecule has 0 spiro atoms. The number of benzene rings is 1. The smallest absolute Gasteiger partial charge is 0.246 e. The van der Waals surface area contributed by atoms with E-state index in [4.69, 9.17) is 21.4 Å². The third-order valence-electron chi connectivity index (χ3n) is 2.62. The monoisotopic (exact) mass is 385 g/mol. The van der Waals surface area contributed by atoms with Crippen LogP contribution in [-0.2, 0) is 10.0 Å². The highest BCUT2D eigenvalue weighted by molar-refractivity contribution is 9.10. The molecular weight excluding hydrogens is 370 g/mol. The molecule has 0 aliphatic carbocycles. The van der Waals surface area contributed by atoms with Gasteiger partial charge in [-0.2, -0.15) is 4.31 Å². The zero-order valence-corrected chi connectivity index (χ0v) is 14.4. The molecule has 0 heterocycles. The van der Waals surface area contributed by atoms with Gasteiger partial charge < -0.3 is 9.84 Å². The van der Waals surface area contributed by atoms with E-state index >= 15 is 0 Å². The van der Waals surface area contributed by atoms with Crippen molar-refractivity contribution in [3.05, 3.63) is 21.6 Å². The summed E-state index contributed by atoms with van der Waals surface area (Å²) in [4.78, 5) is -0.0127. The molecule has 20 heavy (non-hydrogen) atoms. The van der Waals surface area contributed by atoms with Crippen LogP contribution in [0.25, 0.3) is 0 Å². The Morgan fingerprint density at radius 1 is 1.40 bits per heavy atom. The first kappa shape index (κ1) is 17.7. The van der Waals surface area contributed by atoms with Crippen LogP contribution in [0, 0.1) is 0 Å². The maximum Gasteiger partial charge on any atom is 0.246 e. The number of hydrogen-bond donors (Lipinski definition) is 1. The molecule has 114 valence electrons. The van der Waals surface area contributed by atoms with Crippen LogP contribution in [0.5, 0.6) is 5.75 Å². The van der Waals surface area contributed by atoms with Crippen molar-refractivity contribution in [1.29, 1.82) is 0 Å². The molecular formula is C12H17BrClNO4S. The summed E-state index contributed by atoms with van der Waals surface area (Å²) in [5.41, 5.74) is 0. The average molecular weight is 387 g/mol. The fourth-order valence-electron chi connectivity index (χ4n) is 1.78. The lowest BCUT2D eigenvalue weighted by atomic mass is 10.3. The number of aliphatic hydroxyl groups is 1. The lowest BCUT2D eigenvalue weighted by molar-refractivity contribution is 0.253. The van der Waals surface area contributed by atoms with Gasteiger partial charge in [0.2, 0.25) is 10.0 Å². The Hall–Kier alpha value is -0.340. The number of rotatable bonds is 7. The highest BCUT2D eigenvalue weighted by Crippen LogP contribution is 2.36. The zero-order valence-electron chi connectivity index (χ0n) is 11.3. The Bertz CT molecular complexity index is 559. The van der Waals surface area contributed by atoms with Gasteiger partial charge >= 0.3 is 0 Å². The second kappa shape index (κ2) is 7.61. The van der Waals surface area contributed by atoms with E-state index in [0.29, 0.717) is 17.4 Å². The second-order valence-electron chi connectivity index (χ2n) is 4.05. The molecule has 1 aromatic carbocycles. The van der Waals surface area contributed by atoms with Crippen LogP contribution in [0.3, 0.4) is 0 Å². The van der Waals surface area contributed by atoms with Crippen molar-refractivity contribution in [2.45, 2.75) is 18.2 Å². The molecule has 0 radical (unpaired) electrons. The van der Waals surface area contributed by atoms with E-state index < -0.39 is 10.0 Å². The van der Waals surface area contributed by atoms with E-state index in [2.05, 4.69) is 15.9 Å². The second-order valence-corrected chi connectivity index (χ2v) is 7.24. The molecule has 0 unspecified atom stereocenters. The Morgan fingerprint density at radius 3 is 2.55 bits per heavy atom. The summed E-state index contributed by atoms with van der Waals surface area (Å²) >= 11 is 9.16. The molecule has 0 bridgehead atoms. The van der Waals surface area contributed by atoms with Gasteiger partial charge in [-0.3, -0.25) is 0 Å². The van der Waals surface area contributed by atoms with Gasteiger partial charge in [-0.1, -0.05) is 18.5 Å². The minimum Gasteiger partial charge on any atom is -0.494 e. The van der Waals surface area contributed by atoms with Crippen molar-refractivity contribution in [3.63, 3.8) is 0 Å². The Kier molecular flexibility index (Phi) is 6.74. The first-order valence-electron chi connectivity index (χ1n) is 6.02. The van der Waals surface area contributed by atoms with E-state index in [1.807, 2.05) is 6.92 Å². The van der Waals surface area contributed by atoms with E-state index in [9.17, 15) is 8.42 Å². The summed E-state index contributed by atoms with van der Waals surface area (Å²) in [6.07, 6.45) is 0.642. The number of halogens is 2. The average Bonchev–Trinajstić information content (AvgIpc) is 2.37. The standard InChI is InChI=1S/C12H17BrClNO4S/c1-3-4-15(5-6-16)20(17,18)11-8-9(14)7-10(13)12(11)19-2/h7-8,16H,3-6H2,1-2H3. The largest absolute Gasteiger partial charge is 0.494 e. The molecule has 0 amide bonds. The van der Waals surface area contributed by atoms with Gasteiger partial charge in [0.1, 0.15) is 4.90 Å². The van der Waals surface area contributed by atoms with Crippen LogP contribution in [0.1, 0.15) is 13.3 Å². The van der Waals surface area contributed by atoms with Crippen LogP contribution < -0.4 is 4.74 Å². The summed E-state index contributed by atoms with van der Waals surface area (Å²) < 4.78 is 32.1. The molecule has 0 fully saturated rings. The molecule has 8 heteroatoms. The molecule has 0 saturated heterocycles. The lowest BCUT2D eigenvalue weighted by Crippen LogP contribution is -2.34. The molecule has 1 rings (SSSR count). The van der Waals surface area contributed by atoms with Crippen LogP contribution in [-0.4, -0.2) is 44.6 Å². The van der Waals surface area contributed by atoms with Crippen LogP contribution >= 0.6 is 27.5 Å². The number of nitrogens with zero attached hydrogens (tertiary/aromatic N) is 1. The Labute approximate surface area is 132 Å². The molecule has 0 aliphatic heterocycles. The summed E-state index contributed by atoms with van der Waals surface area (Å²) in [6, 6.07) is 2.91. The highest BCUT2D eigenvalue weighted by Gasteiger charge is 2.28. The summed E-state index contributed by atoms with van der Waals surface area (Å²) in [5, 5.41) is 9.33. The van der Waals surface area contributed by atoms with Crippen molar-refractivity contribution in [3.8, 4) is 5.75 Å².